The summed E-state index contributed by atoms with van der Waals surface area (Å²) in [6.45, 7) is 0. The lowest BCUT2D eigenvalue weighted by Gasteiger charge is -2.01. The second-order valence-corrected chi connectivity index (χ2v) is 2.85. The molecule has 0 aliphatic heterocycles. The molecule has 0 unspecified atom stereocenters. The Morgan fingerprint density at radius 1 is 1.00 bits per heavy atom. The number of aromatic nitrogens is 1. The van der Waals surface area contributed by atoms with Crippen LogP contribution in [-0.4, -0.2) is 4.98 Å². The molecule has 1 aromatic heterocycles. The maximum atomic E-state index is 13.2. The van der Waals surface area contributed by atoms with Crippen LogP contribution in [-0.2, 0) is 0 Å². The molecular weight excluding hydrogens is 184 g/mol. The highest BCUT2D eigenvalue weighted by Crippen LogP contribution is 2.21. The van der Waals surface area contributed by atoms with Gasteiger partial charge in [0.25, 0.3) is 0 Å². The second kappa shape index (κ2) is 3.54. The molecule has 0 aliphatic carbocycles. The van der Waals surface area contributed by atoms with Gasteiger partial charge < -0.3 is 0 Å². The van der Waals surface area contributed by atoms with E-state index in [1.807, 2.05) is 6.07 Å². The average molecular weight is 191 g/mol. The van der Waals surface area contributed by atoms with E-state index in [4.69, 9.17) is 0 Å². The van der Waals surface area contributed by atoms with Crippen LogP contribution in [0, 0.1) is 11.8 Å². The first kappa shape index (κ1) is 8.81. The highest BCUT2D eigenvalue weighted by molar-refractivity contribution is 5.63. The van der Waals surface area contributed by atoms with Crippen LogP contribution in [0.2, 0.25) is 0 Å². The standard InChI is InChI=1S/C11H7F2N/c12-10-7-14-11(13)6-9(10)8-4-2-1-3-5-8/h1-7H. The van der Waals surface area contributed by atoms with Crippen molar-refractivity contribution in [1.82, 2.24) is 4.98 Å². The average Bonchev–Trinajstić information content (AvgIpc) is 2.23. The van der Waals surface area contributed by atoms with Crippen molar-refractivity contribution >= 4 is 0 Å². The lowest BCUT2D eigenvalue weighted by Crippen LogP contribution is -1.89. The van der Waals surface area contributed by atoms with Crippen molar-refractivity contribution in [3.05, 3.63) is 54.4 Å². The van der Waals surface area contributed by atoms with Crippen LogP contribution >= 0.6 is 0 Å². The Balaban J connectivity index is 2.57. The molecule has 2 aromatic rings. The van der Waals surface area contributed by atoms with Crippen molar-refractivity contribution in [1.29, 1.82) is 0 Å². The predicted molar refractivity (Wildman–Crippen MR) is 49.6 cm³/mol. The molecule has 0 saturated heterocycles. The van der Waals surface area contributed by atoms with Gasteiger partial charge >= 0.3 is 0 Å². The Hall–Kier alpha value is -1.77. The largest absolute Gasteiger partial charge is 0.225 e. The molecule has 0 fully saturated rings. The topological polar surface area (TPSA) is 12.9 Å². The fourth-order valence-electron chi connectivity index (χ4n) is 1.25. The van der Waals surface area contributed by atoms with Crippen LogP contribution in [0.1, 0.15) is 0 Å². The zero-order valence-corrected chi connectivity index (χ0v) is 7.24. The van der Waals surface area contributed by atoms with Gasteiger partial charge in [0.15, 0.2) is 0 Å². The van der Waals surface area contributed by atoms with Crippen LogP contribution < -0.4 is 0 Å². The molecule has 1 heterocycles. The lowest BCUT2D eigenvalue weighted by atomic mass is 10.1. The Morgan fingerprint density at radius 2 is 1.71 bits per heavy atom. The quantitative estimate of drug-likeness (QED) is 0.631. The third kappa shape index (κ3) is 1.62. The molecular formula is C11H7F2N. The molecule has 1 nitrogen and oxygen atoms in total. The molecule has 1 aromatic carbocycles. The predicted octanol–water partition coefficient (Wildman–Crippen LogP) is 3.03. The van der Waals surface area contributed by atoms with Gasteiger partial charge in [-0.2, -0.15) is 4.39 Å². The third-order valence-electron chi connectivity index (χ3n) is 1.91. The van der Waals surface area contributed by atoms with Crippen molar-refractivity contribution < 1.29 is 8.78 Å². The van der Waals surface area contributed by atoms with Crippen LogP contribution in [0.5, 0.6) is 0 Å². The molecule has 0 N–H and O–H groups in total. The first-order valence-electron chi connectivity index (χ1n) is 4.14. The van der Waals surface area contributed by atoms with Gasteiger partial charge in [-0.25, -0.2) is 9.37 Å². The summed E-state index contributed by atoms with van der Waals surface area (Å²) in [7, 11) is 0. The van der Waals surface area contributed by atoms with E-state index < -0.39 is 11.8 Å². The molecule has 0 amide bonds. The Morgan fingerprint density at radius 3 is 2.43 bits per heavy atom. The third-order valence-corrected chi connectivity index (χ3v) is 1.91. The van der Waals surface area contributed by atoms with Gasteiger partial charge in [0, 0.05) is 11.6 Å². The lowest BCUT2D eigenvalue weighted by molar-refractivity contribution is 0.562. The van der Waals surface area contributed by atoms with E-state index >= 15 is 0 Å². The van der Waals surface area contributed by atoms with E-state index in [1.54, 1.807) is 24.3 Å². The fraction of sp³-hybridized carbons (Fsp3) is 0. The van der Waals surface area contributed by atoms with Gasteiger partial charge in [-0.3, -0.25) is 0 Å². The van der Waals surface area contributed by atoms with Gasteiger partial charge in [-0.1, -0.05) is 30.3 Å². The summed E-state index contributed by atoms with van der Waals surface area (Å²) in [5, 5.41) is 0. The van der Waals surface area contributed by atoms with Crippen molar-refractivity contribution in [2.45, 2.75) is 0 Å². The molecule has 70 valence electrons. The van der Waals surface area contributed by atoms with Gasteiger partial charge in [0.05, 0.1) is 6.20 Å². The monoisotopic (exact) mass is 191 g/mol. The minimum atomic E-state index is -0.676. The van der Waals surface area contributed by atoms with E-state index in [9.17, 15) is 8.78 Å². The van der Waals surface area contributed by atoms with Gasteiger partial charge in [-0.05, 0) is 5.56 Å². The summed E-state index contributed by atoms with van der Waals surface area (Å²) in [5.74, 6) is -1.19. The number of hydrogen-bond acceptors (Lipinski definition) is 1. The van der Waals surface area contributed by atoms with E-state index in [0.29, 0.717) is 5.56 Å². The minimum absolute atomic E-state index is 0.234. The summed E-state index contributed by atoms with van der Waals surface area (Å²) in [6.07, 6.45) is 0.887. The van der Waals surface area contributed by atoms with E-state index in [0.717, 1.165) is 12.3 Å². The van der Waals surface area contributed by atoms with Gasteiger partial charge in [0.1, 0.15) is 5.82 Å². The van der Waals surface area contributed by atoms with Crippen molar-refractivity contribution in [3.8, 4) is 11.1 Å². The number of benzene rings is 1. The van der Waals surface area contributed by atoms with Crippen LogP contribution in [0.3, 0.4) is 0 Å². The highest BCUT2D eigenvalue weighted by atomic mass is 19.1. The summed E-state index contributed by atoms with van der Waals surface area (Å²) in [5.41, 5.74) is 0.879. The van der Waals surface area contributed by atoms with Gasteiger partial charge in [0.2, 0.25) is 5.95 Å². The van der Waals surface area contributed by atoms with E-state index in [1.165, 1.54) is 0 Å². The zero-order chi connectivity index (χ0) is 9.97. The Labute approximate surface area is 80.0 Å². The first-order valence-corrected chi connectivity index (χ1v) is 4.14. The van der Waals surface area contributed by atoms with Crippen molar-refractivity contribution in [3.63, 3.8) is 0 Å². The molecule has 14 heavy (non-hydrogen) atoms. The number of hydrogen-bond donors (Lipinski definition) is 0. The normalized spacial score (nSPS) is 10.1. The number of halogens is 2. The minimum Gasteiger partial charge on any atom is -0.225 e. The van der Waals surface area contributed by atoms with Gasteiger partial charge in [-0.15, -0.1) is 0 Å². The maximum Gasteiger partial charge on any atom is 0.213 e. The zero-order valence-electron chi connectivity index (χ0n) is 7.24. The molecule has 0 spiro atoms. The fourth-order valence-corrected chi connectivity index (χ4v) is 1.25. The highest BCUT2D eigenvalue weighted by Gasteiger charge is 2.06. The summed E-state index contributed by atoms with van der Waals surface area (Å²) >= 11 is 0. The van der Waals surface area contributed by atoms with Crippen molar-refractivity contribution in [2.24, 2.45) is 0 Å². The first-order chi connectivity index (χ1) is 6.77. The smallest absolute Gasteiger partial charge is 0.213 e. The van der Waals surface area contributed by atoms with E-state index in [2.05, 4.69) is 4.98 Å². The van der Waals surface area contributed by atoms with Crippen LogP contribution in [0.15, 0.2) is 42.6 Å². The van der Waals surface area contributed by atoms with E-state index in [-0.39, 0.29) is 5.56 Å². The molecule has 0 radical (unpaired) electrons. The maximum absolute atomic E-state index is 13.2. The van der Waals surface area contributed by atoms with Crippen molar-refractivity contribution in [2.75, 3.05) is 0 Å². The molecule has 2 rings (SSSR count). The number of rotatable bonds is 1. The van der Waals surface area contributed by atoms with Crippen LogP contribution in [0.25, 0.3) is 11.1 Å². The van der Waals surface area contributed by atoms with Crippen LogP contribution in [0.4, 0.5) is 8.78 Å². The summed E-state index contributed by atoms with van der Waals surface area (Å²) < 4.78 is 26.0. The Bertz CT molecular complexity index is 440. The molecule has 0 saturated carbocycles. The number of nitrogens with zero attached hydrogens (tertiary/aromatic N) is 1. The molecule has 3 heteroatoms. The number of pyridine rings is 1. The molecule has 0 aliphatic rings. The Kier molecular flexibility index (Phi) is 2.23. The molecule has 0 bridgehead atoms. The summed E-state index contributed by atoms with van der Waals surface area (Å²) in [6, 6.07) is 9.89. The second-order valence-electron chi connectivity index (χ2n) is 2.85. The summed E-state index contributed by atoms with van der Waals surface area (Å²) in [4.78, 5) is 3.22. The molecule has 0 atom stereocenters. The SMILES string of the molecule is Fc1cc(-c2ccccc2)c(F)cn1.